The van der Waals surface area contributed by atoms with E-state index in [2.05, 4.69) is 65.3 Å². The molecule has 2 heterocycles. The topological polar surface area (TPSA) is 34.6 Å². The molecule has 0 N–H and O–H groups in total. The fourth-order valence-corrected chi connectivity index (χ4v) is 4.29. The van der Waals surface area contributed by atoms with Crippen LogP contribution in [0.3, 0.4) is 0 Å². The number of hydrogen-bond acceptors (Lipinski definition) is 4. The molecule has 1 aliphatic rings. The molecule has 4 aromatic rings. The second kappa shape index (κ2) is 8.40. The molecule has 0 unspecified atom stereocenters. The van der Waals surface area contributed by atoms with Gasteiger partial charge in [-0.15, -0.1) is 0 Å². The number of para-hydroxylation sites is 1. The zero-order valence-electron chi connectivity index (χ0n) is 18.0. The van der Waals surface area contributed by atoms with E-state index >= 15 is 0 Å². The molecule has 0 atom stereocenters. The van der Waals surface area contributed by atoms with Crippen molar-refractivity contribution in [1.29, 1.82) is 0 Å². The first-order chi connectivity index (χ1) is 15.2. The van der Waals surface area contributed by atoms with E-state index in [0.717, 1.165) is 58.7 Å². The summed E-state index contributed by atoms with van der Waals surface area (Å²) >= 11 is 0. The Bertz CT molecular complexity index is 1240. The Kier molecular flexibility index (Phi) is 5.31. The van der Waals surface area contributed by atoms with Crippen molar-refractivity contribution in [2.45, 2.75) is 20.0 Å². The Morgan fingerprint density at radius 3 is 2.77 bits per heavy atom. The fourth-order valence-electron chi connectivity index (χ4n) is 4.29. The summed E-state index contributed by atoms with van der Waals surface area (Å²) in [4.78, 5) is 7.07. The van der Waals surface area contributed by atoms with Crippen molar-refractivity contribution in [3.05, 3.63) is 89.6 Å². The van der Waals surface area contributed by atoms with Crippen LogP contribution in [0.2, 0.25) is 0 Å². The average molecular weight is 411 g/mol. The normalized spacial score (nSPS) is 14.0. The van der Waals surface area contributed by atoms with Crippen LogP contribution >= 0.6 is 0 Å². The number of ether oxygens (including phenoxy) is 2. The minimum Gasteiger partial charge on any atom is -0.493 e. The maximum Gasteiger partial charge on any atom is 0.165 e. The molecule has 0 bridgehead atoms. The number of pyridine rings is 1. The highest BCUT2D eigenvalue weighted by atomic mass is 16.5. The molecule has 0 spiro atoms. The van der Waals surface area contributed by atoms with Gasteiger partial charge in [0.25, 0.3) is 0 Å². The van der Waals surface area contributed by atoms with Crippen molar-refractivity contribution >= 4 is 10.9 Å². The molecule has 1 aliphatic heterocycles. The number of aryl methyl sites for hydroxylation is 1. The van der Waals surface area contributed by atoms with Crippen LogP contribution in [-0.2, 0) is 13.1 Å². The Morgan fingerprint density at radius 2 is 1.90 bits per heavy atom. The highest BCUT2D eigenvalue weighted by Gasteiger charge is 2.21. The van der Waals surface area contributed by atoms with E-state index < -0.39 is 0 Å². The molecule has 156 valence electrons. The number of benzene rings is 3. The highest BCUT2D eigenvalue weighted by molar-refractivity contribution is 5.84. The second-order valence-corrected chi connectivity index (χ2v) is 8.13. The Morgan fingerprint density at radius 1 is 1.00 bits per heavy atom. The van der Waals surface area contributed by atoms with Crippen molar-refractivity contribution in [1.82, 2.24) is 9.88 Å². The van der Waals surface area contributed by atoms with E-state index in [0.29, 0.717) is 6.61 Å². The predicted octanol–water partition coefficient (Wildman–Crippen LogP) is 5.61. The predicted molar refractivity (Wildman–Crippen MR) is 125 cm³/mol. The Balaban J connectivity index is 1.50. The molecule has 4 heteroatoms. The largest absolute Gasteiger partial charge is 0.493 e. The van der Waals surface area contributed by atoms with Gasteiger partial charge in [-0.05, 0) is 42.3 Å². The maximum atomic E-state index is 6.14. The molecule has 0 fully saturated rings. The quantitative estimate of drug-likeness (QED) is 0.438. The summed E-state index contributed by atoms with van der Waals surface area (Å²) in [6, 6.07) is 23.4. The summed E-state index contributed by atoms with van der Waals surface area (Å²) in [6.07, 6.45) is 1.94. The van der Waals surface area contributed by atoms with Crippen molar-refractivity contribution in [2.75, 3.05) is 20.3 Å². The van der Waals surface area contributed by atoms with Crippen LogP contribution in [-0.4, -0.2) is 30.1 Å². The zero-order valence-corrected chi connectivity index (χ0v) is 18.0. The molecule has 1 aromatic heterocycles. The van der Waals surface area contributed by atoms with Gasteiger partial charge in [-0.2, -0.15) is 0 Å². The summed E-state index contributed by atoms with van der Waals surface area (Å²) < 4.78 is 11.9. The lowest BCUT2D eigenvalue weighted by molar-refractivity contribution is 0.217. The molecular weight excluding hydrogens is 384 g/mol. The van der Waals surface area contributed by atoms with Gasteiger partial charge in [-0.1, -0.05) is 48.0 Å². The molecule has 4 nitrogen and oxygen atoms in total. The van der Waals surface area contributed by atoms with Crippen molar-refractivity contribution in [2.24, 2.45) is 0 Å². The van der Waals surface area contributed by atoms with Crippen molar-refractivity contribution < 1.29 is 9.47 Å². The van der Waals surface area contributed by atoms with E-state index in [-0.39, 0.29) is 0 Å². The molecule has 0 saturated heterocycles. The van der Waals surface area contributed by atoms with Crippen molar-refractivity contribution in [3.63, 3.8) is 0 Å². The lowest BCUT2D eigenvalue weighted by Gasteiger charge is -2.20. The molecule has 0 saturated carbocycles. The minimum atomic E-state index is 0.645. The number of hydrogen-bond donors (Lipinski definition) is 0. The maximum absolute atomic E-state index is 6.14. The minimum absolute atomic E-state index is 0.645. The van der Waals surface area contributed by atoms with Gasteiger partial charge < -0.3 is 9.47 Å². The highest BCUT2D eigenvalue weighted by Crippen LogP contribution is 2.38. The summed E-state index contributed by atoms with van der Waals surface area (Å²) in [5.41, 5.74) is 6.93. The summed E-state index contributed by atoms with van der Waals surface area (Å²) in [5.74, 6) is 1.63. The van der Waals surface area contributed by atoms with Gasteiger partial charge in [-0.25, -0.2) is 0 Å². The van der Waals surface area contributed by atoms with E-state index in [1.165, 1.54) is 11.1 Å². The Labute approximate surface area is 183 Å². The number of fused-ring (bicyclic) bond motifs is 2. The van der Waals surface area contributed by atoms with E-state index in [1.54, 1.807) is 7.11 Å². The first kappa shape index (κ1) is 19.6. The standard InChI is InChI=1S/C27H26N2O2/c1-19-6-5-7-20(12-19)17-29-10-11-31-27-24(18-29)14-22(15-26(27)30-2)23-13-21-8-3-4-9-25(21)28-16-23/h3-9,12-16H,10-11,17-18H2,1-2H3. The third-order valence-corrected chi connectivity index (χ3v) is 5.81. The number of nitrogens with zero attached hydrogens (tertiary/aromatic N) is 2. The lowest BCUT2D eigenvalue weighted by atomic mass is 10.0. The smallest absolute Gasteiger partial charge is 0.165 e. The Hall–Kier alpha value is -3.37. The first-order valence-electron chi connectivity index (χ1n) is 10.7. The number of methoxy groups -OCH3 is 1. The van der Waals surface area contributed by atoms with Gasteiger partial charge in [0.1, 0.15) is 6.61 Å². The summed E-state index contributed by atoms with van der Waals surface area (Å²) in [7, 11) is 1.71. The molecule has 0 aliphatic carbocycles. The van der Waals surface area contributed by atoms with Crippen LogP contribution in [0, 0.1) is 6.92 Å². The number of aromatic nitrogens is 1. The van der Waals surface area contributed by atoms with Crippen LogP contribution in [0.5, 0.6) is 11.5 Å². The van der Waals surface area contributed by atoms with Gasteiger partial charge in [0.15, 0.2) is 11.5 Å². The monoisotopic (exact) mass is 410 g/mol. The zero-order chi connectivity index (χ0) is 21.2. The van der Waals surface area contributed by atoms with Crippen LogP contribution in [0.1, 0.15) is 16.7 Å². The van der Waals surface area contributed by atoms with Crippen LogP contribution < -0.4 is 9.47 Å². The van der Waals surface area contributed by atoms with Gasteiger partial charge in [0, 0.05) is 42.3 Å². The lowest BCUT2D eigenvalue weighted by Crippen LogP contribution is -2.25. The fraction of sp³-hybridized carbons (Fsp3) is 0.222. The van der Waals surface area contributed by atoms with Gasteiger partial charge >= 0.3 is 0 Å². The molecule has 0 amide bonds. The molecule has 3 aromatic carbocycles. The molecular formula is C27H26N2O2. The van der Waals surface area contributed by atoms with Crippen LogP contribution in [0.4, 0.5) is 0 Å². The van der Waals surface area contributed by atoms with E-state index in [1.807, 2.05) is 24.4 Å². The van der Waals surface area contributed by atoms with Gasteiger partial charge in [0.2, 0.25) is 0 Å². The SMILES string of the molecule is COc1cc(-c2cnc3ccccc3c2)cc2c1OCCN(Cc1cccc(C)c1)C2. The second-order valence-electron chi connectivity index (χ2n) is 8.13. The third kappa shape index (κ3) is 4.12. The summed E-state index contributed by atoms with van der Waals surface area (Å²) in [6.45, 7) is 5.37. The molecule has 0 radical (unpaired) electrons. The van der Waals surface area contributed by atoms with Gasteiger partial charge in [-0.3, -0.25) is 9.88 Å². The van der Waals surface area contributed by atoms with Gasteiger partial charge in [0.05, 0.1) is 12.6 Å². The van der Waals surface area contributed by atoms with Crippen LogP contribution in [0.25, 0.3) is 22.0 Å². The van der Waals surface area contributed by atoms with E-state index in [9.17, 15) is 0 Å². The number of rotatable bonds is 4. The van der Waals surface area contributed by atoms with E-state index in [4.69, 9.17) is 9.47 Å². The first-order valence-corrected chi connectivity index (χ1v) is 10.7. The average Bonchev–Trinajstić information content (AvgIpc) is 2.99. The molecule has 5 rings (SSSR count). The van der Waals surface area contributed by atoms with Crippen LogP contribution in [0.15, 0.2) is 72.9 Å². The van der Waals surface area contributed by atoms with Crippen molar-refractivity contribution in [3.8, 4) is 22.6 Å². The third-order valence-electron chi connectivity index (χ3n) is 5.81. The molecule has 31 heavy (non-hydrogen) atoms. The summed E-state index contributed by atoms with van der Waals surface area (Å²) in [5, 5.41) is 1.13.